The highest BCUT2D eigenvalue weighted by molar-refractivity contribution is 8.00. The maximum atomic E-state index is 13.3. The van der Waals surface area contributed by atoms with Gasteiger partial charge in [-0.15, -0.1) is 11.8 Å². The van der Waals surface area contributed by atoms with Crippen molar-refractivity contribution in [3.63, 3.8) is 0 Å². The molecule has 0 fully saturated rings. The van der Waals surface area contributed by atoms with Gasteiger partial charge in [-0.1, -0.05) is 38.8 Å². The smallest absolute Gasteiger partial charge is 0.230 e. The number of hydrogen-bond acceptors (Lipinski definition) is 2. The van der Waals surface area contributed by atoms with E-state index >= 15 is 0 Å². The number of amides is 1. The maximum Gasteiger partial charge on any atom is 0.230 e. The summed E-state index contributed by atoms with van der Waals surface area (Å²) in [7, 11) is 0. The van der Waals surface area contributed by atoms with Crippen molar-refractivity contribution in [1.82, 2.24) is 5.32 Å². The van der Waals surface area contributed by atoms with Crippen LogP contribution in [0, 0.1) is 11.7 Å². The molecule has 4 heteroatoms. The van der Waals surface area contributed by atoms with E-state index in [1.54, 1.807) is 18.2 Å². The summed E-state index contributed by atoms with van der Waals surface area (Å²) in [6.07, 6.45) is 2.13. The molecule has 0 aliphatic heterocycles. The molecule has 0 heterocycles. The number of hydrogen-bond donors (Lipinski definition) is 1. The molecule has 1 aromatic carbocycles. The second-order valence-corrected chi connectivity index (χ2v) is 5.22. The Morgan fingerprint density at radius 3 is 2.61 bits per heavy atom. The lowest BCUT2D eigenvalue weighted by Crippen LogP contribution is -2.30. The maximum absolute atomic E-state index is 13.3. The van der Waals surface area contributed by atoms with Crippen molar-refractivity contribution in [3.8, 4) is 0 Å². The SMILES string of the molecule is CCC(CC)CNC(=O)CSc1ccccc1F. The molecule has 1 rings (SSSR count). The third kappa shape index (κ3) is 5.08. The molecule has 1 N–H and O–H groups in total. The molecule has 0 aromatic heterocycles. The normalized spacial score (nSPS) is 10.7. The lowest BCUT2D eigenvalue weighted by Gasteiger charge is -2.13. The molecule has 0 spiro atoms. The zero-order chi connectivity index (χ0) is 13.4. The summed E-state index contributed by atoms with van der Waals surface area (Å²) in [5, 5.41) is 2.89. The number of rotatable bonds is 7. The van der Waals surface area contributed by atoms with Gasteiger partial charge in [0.1, 0.15) is 5.82 Å². The molecular formula is C14H20FNOS. The van der Waals surface area contributed by atoms with Gasteiger partial charge in [-0.3, -0.25) is 4.79 Å². The minimum absolute atomic E-state index is 0.0323. The van der Waals surface area contributed by atoms with Crippen LogP contribution in [0.15, 0.2) is 29.2 Å². The molecule has 0 aliphatic rings. The molecule has 0 saturated carbocycles. The Morgan fingerprint density at radius 2 is 2.00 bits per heavy atom. The molecule has 0 saturated heterocycles. The summed E-state index contributed by atoms with van der Waals surface area (Å²) >= 11 is 1.23. The van der Waals surface area contributed by atoms with E-state index in [4.69, 9.17) is 0 Å². The van der Waals surface area contributed by atoms with Crippen LogP contribution in [0.3, 0.4) is 0 Å². The minimum Gasteiger partial charge on any atom is -0.355 e. The fourth-order valence-electron chi connectivity index (χ4n) is 1.59. The van der Waals surface area contributed by atoms with E-state index in [0.717, 1.165) is 12.8 Å². The largest absolute Gasteiger partial charge is 0.355 e. The van der Waals surface area contributed by atoms with Gasteiger partial charge in [0.2, 0.25) is 5.91 Å². The molecule has 2 nitrogen and oxygen atoms in total. The summed E-state index contributed by atoms with van der Waals surface area (Å²) in [5.41, 5.74) is 0. The van der Waals surface area contributed by atoms with E-state index in [-0.39, 0.29) is 17.5 Å². The number of benzene rings is 1. The summed E-state index contributed by atoms with van der Waals surface area (Å²) in [6.45, 7) is 4.95. The van der Waals surface area contributed by atoms with Gasteiger partial charge in [0.25, 0.3) is 0 Å². The molecule has 0 aliphatic carbocycles. The van der Waals surface area contributed by atoms with Crippen molar-refractivity contribution in [3.05, 3.63) is 30.1 Å². The van der Waals surface area contributed by atoms with E-state index in [1.165, 1.54) is 17.8 Å². The fourth-order valence-corrected chi connectivity index (χ4v) is 2.36. The molecule has 100 valence electrons. The highest BCUT2D eigenvalue weighted by Gasteiger charge is 2.08. The second kappa shape index (κ2) is 8.14. The van der Waals surface area contributed by atoms with Crippen LogP contribution < -0.4 is 5.32 Å². The fraction of sp³-hybridized carbons (Fsp3) is 0.500. The Kier molecular flexibility index (Phi) is 6.80. The van der Waals surface area contributed by atoms with Gasteiger partial charge < -0.3 is 5.32 Å². The van der Waals surface area contributed by atoms with Crippen molar-refractivity contribution in [1.29, 1.82) is 0 Å². The zero-order valence-electron chi connectivity index (χ0n) is 10.9. The molecular weight excluding hydrogens is 249 g/mol. The van der Waals surface area contributed by atoms with Crippen LogP contribution in [0.5, 0.6) is 0 Å². The van der Waals surface area contributed by atoms with Crippen LogP contribution in [-0.2, 0) is 4.79 Å². The molecule has 1 aromatic rings. The monoisotopic (exact) mass is 269 g/mol. The van der Waals surface area contributed by atoms with Crippen LogP contribution in [0.25, 0.3) is 0 Å². The van der Waals surface area contributed by atoms with Gasteiger partial charge in [0.05, 0.1) is 5.75 Å². The van der Waals surface area contributed by atoms with Crippen LogP contribution in [-0.4, -0.2) is 18.2 Å². The number of nitrogens with one attached hydrogen (secondary N) is 1. The molecule has 0 radical (unpaired) electrons. The highest BCUT2D eigenvalue weighted by Crippen LogP contribution is 2.20. The third-order valence-electron chi connectivity index (χ3n) is 2.94. The first-order valence-corrected chi connectivity index (χ1v) is 7.29. The minimum atomic E-state index is -0.268. The number of thioether (sulfide) groups is 1. The van der Waals surface area contributed by atoms with E-state index in [9.17, 15) is 9.18 Å². The molecule has 0 unspecified atom stereocenters. The van der Waals surface area contributed by atoms with E-state index in [2.05, 4.69) is 19.2 Å². The van der Waals surface area contributed by atoms with Crippen LogP contribution >= 0.6 is 11.8 Å². The molecule has 0 atom stereocenters. The van der Waals surface area contributed by atoms with Gasteiger partial charge >= 0.3 is 0 Å². The lowest BCUT2D eigenvalue weighted by atomic mass is 10.0. The molecule has 1 amide bonds. The standard InChI is InChI=1S/C14H20FNOS/c1-3-11(4-2)9-16-14(17)10-18-13-8-6-5-7-12(13)15/h5-8,11H,3-4,9-10H2,1-2H3,(H,16,17). The molecule has 18 heavy (non-hydrogen) atoms. The van der Waals surface area contributed by atoms with Crippen LogP contribution in [0.1, 0.15) is 26.7 Å². The highest BCUT2D eigenvalue weighted by atomic mass is 32.2. The number of carbonyl (C=O) groups is 1. The lowest BCUT2D eigenvalue weighted by molar-refractivity contribution is -0.118. The summed E-state index contributed by atoms with van der Waals surface area (Å²) in [5.74, 6) is 0.499. The van der Waals surface area contributed by atoms with Gasteiger partial charge in [0, 0.05) is 11.4 Å². The topological polar surface area (TPSA) is 29.1 Å². The average molecular weight is 269 g/mol. The van der Waals surface area contributed by atoms with E-state index in [0.29, 0.717) is 17.4 Å². The third-order valence-corrected chi connectivity index (χ3v) is 3.99. The Morgan fingerprint density at radius 1 is 1.33 bits per heavy atom. The quantitative estimate of drug-likeness (QED) is 0.768. The first-order valence-electron chi connectivity index (χ1n) is 6.31. The van der Waals surface area contributed by atoms with Crippen molar-refractivity contribution >= 4 is 17.7 Å². The first kappa shape index (κ1) is 15.0. The van der Waals surface area contributed by atoms with E-state index in [1.807, 2.05) is 0 Å². The van der Waals surface area contributed by atoms with Gasteiger partial charge in [0.15, 0.2) is 0 Å². The van der Waals surface area contributed by atoms with Crippen LogP contribution in [0.4, 0.5) is 4.39 Å². The van der Waals surface area contributed by atoms with Crippen molar-refractivity contribution in [2.75, 3.05) is 12.3 Å². The van der Waals surface area contributed by atoms with Gasteiger partial charge in [-0.2, -0.15) is 0 Å². The number of halogens is 1. The Hall–Kier alpha value is -1.03. The summed E-state index contributed by atoms with van der Waals surface area (Å²) in [4.78, 5) is 12.1. The summed E-state index contributed by atoms with van der Waals surface area (Å²) in [6, 6.07) is 6.51. The first-order chi connectivity index (χ1) is 8.67. The van der Waals surface area contributed by atoms with Crippen molar-refractivity contribution in [2.24, 2.45) is 5.92 Å². The predicted molar refractivity (Wildman–Crippen MR) is 74.2 cm³/mol. The van der Waals surface area contributed by atoms with Crippen molar-refractivity contribution < 1.29 is 9.18 Å². The van der Waals surface area contributed by atoms with Gasteiger partial charge in [-0.05, 0) is 18.1 Å². The zero-order valence-corrected chi connectivity index (χ0v) is 11.7. The predicted octanol–water partition coefficient (Wildman–Crippen LogP) is 3.47. The Balaban J connectivity index is 2.31. The Bertz CT molecular complexity index is 380. The van der Waals surface area contributed by atoms with Crippen molar-refractivity contribution in [2.45, 2.75) is 31.6 Å². The second-order valence-electron chi connectivity index (χ2n) is 4.21. The summed E-state index contributed by atoms with van der Waals surface area (Å²) < 4.78 is 13.3. The number of carbonyl (C=O) groups excluding carboxylic acids is 1. The van der Waals surface area contributed by atoms with E-state index < -0.39 is 0 Å². The Labute approximate surface area is 112 Å². The van der Waals surface area contributed by atoms with Gasteiger partial charge in [-0.25, -0.2) is 4.39 Å². The average Bonchev–Trinajstić information content (AvgIpc) is 2.39. The van der Waals surface area contributed by atoms with Crippen LogP contribution in [0.2, 0.25) is 0 Å². The molecule has 0 bridgehead atoms.